The molecule has 0 unspecified atom stereocenters. The summed E-state index contributed by atoms with van der Waals surface area (Å²) in [5, 5.41) is 1.15. The van der Waals surface area contributed by atoms with Gasteiger partial charge < -0.3 is 4.57 Å². The number of rotatable bonds is 3. The molecule has 0 radical (unpaired) electrons. The van der Waals surface area contributed by atoms with Crippen LogP contribution in [0.5, 0.6) is 0 Å². The van der Waals surface area contributed by atoms with Crippen LogP contribution in [0.3, 0.4) is 0 Å². The fourth-order valence-electron chi connectivity index (χ4n) is 2.65. The maximum atomic E-state index is 12.5. The average Bonchev–Trinajstić information content (AvgIpc) is 2.73. The molecule has 0 spiro atoms. The summed E-state index contributed by atoms with van der Waals surface area (Å²) < 4.78 is 3.14. The van der Waals surface area contributed by atoms with E-state index in [2.05, 4.69) is 32.6 Å². The molecule has 106 valence electrons. The van der Waals surface area contributed by atoms with E-state index in [0.29, 0.717) is 6.54 Å². The average molecular weight is 342 g/mol. The minimum atomic E-state index is 0.134. The Labute approximate surface area is 132 Å². The Morgan fingerprint density at radius 1 is 1.10 bits per heavy atom. The molecule has 0 aliphatic carbocycles. The molecule has 0 fully saturated rings. The van der Waals surface area contributed by atoms with E-state index in [1.807, 2.05) is 50.2 Å². The molecule has 1 aromatic heterocycles. The lowest BCUT2D eigenvalue weighted by molar-refractivity contribution is 0.0973. The molecule has 0 aliphatic rings. The molecule has 3 rings (SSSR count). The molecule has 0 aliphatic heterocycles. The van der Waals surface area contributed by atoms with Crippen molar-refractivity contribution < 1.29 is 4.79 Å². The van der Waals surface area contributed by atoms with E-state index < -0.39 is 0 Å². The second kappa shape index (κ2) is 5.49. The Balaban J connectivity index is 2.02. The van der Waals surface area contributed by atoms with Gasteiger partial charge >= 0.3 is 0 Å². The molecule has 3 aromatic rings. The Bertz CT molecular complexity index is 832. The van der Waals surface area contributed by atoms with Crippen molar-refractivity contribution in [3.05, 3.63) is 69.8 Å². The number of halogens is 1. The van der Waals surface area contributed by atoms with E-state index in [9.17, 15) is 4.79 Å². The fraction of sp³-hybridized carbons (Fsp3) is 0.167. The van der Waals surface area contributed by atoms with Crippen LogP contribution < -0.4 is 0 Å². The van der Waals surface area contributed by atoms with Gasteiger partial charge in [0, 0.05) is 26.6 Å². The maximum Gasteiger partial charge on any atom is 0.182 e. The van der Waals surface area contributed by atoms with E-state index in [-0.39, 0.29) is 5.78 Å². The summed E-state index contributed by atoms with van der Waals surface area (Å²) in [4.78, 5) is 12.5. The normalized spacial score (nSPS) is 11.0. The van der Waals surface area contributed by atoms with E-state index >= 15 is 0 Å². The molecule has 2 nitrogen and oxygen atoms in total. The molecule has 0 saturated heterocycles. The lowest BCUT2D eigenvalue weighted by atomic mass is 10.1. The Morgan fingerprint density at radius 2 is 1.86 bits per heavy atom. The zero-order chi connectivity index (χ0) is 15.0. The Hall–Kier alpha value is -1.87. The first-order valence-electron chi connectivity index (χ1n) is 6.91. The van der Waals surface area contributed by atoms with Gasteiger partial charge in [0.2, 0.25) is 0 Å². The molecule has 0 atom stereocenters. The van der Waals surface area contributed by atoms with E-state index in [4.69, 9.17) is 0 Å². The molecular weight excluding hydrogens is 326 g/mol. The van der Waals surface area contributed by atoms with Gasteiger partial charge in [-0.25, -0.2) is 0 Å². The third-order valence-corrected chi connectivity index (χ3v) is 4.80. The van der Waals surface area contributed by atoms with Gasteiger partial charge in [0.25, 0.3) is 0 Å². The van der Waals surface area contributed by atoms with E-state index in [1.165, 1.54) is 0 Å². The summed E-state index contributed by atoms with van der Waals surface area (Å²) in [6, 6.07) is 15.9. The molecule has 1 heterocycles. The number of aromatic nitrogens is 1. The maximum absolute atomic E-state index is 12.5. The number of nitrogens with zero attached hydrogens (tertiary/aromatic N) is 1. The van der Waals surface area contributed by atoms with Crippen LogP contribution >= 0.6 is 15.9 Å². The van der Waals surface area contributed by atoms with Crippen LogP contribution in [0.2, 0.25) is 0 Å². The zero-order valence-corrected chi connectivity index (χ0v) is 13.6. The number of carbonyl (C=O) groups excluding carboxylic acids is 1. The molecule has 0 bridgehead atoms. The van der Waals surface area contributed by atoms with Crippen molar-refractivity contribution in [1.29, 1.82) is 0 Å². The van der Waals surface area contributed by atoms with E-state index in [0.717, 1.165) is 32.2 Å². The quantitative estimate of drug-likeness (QED) is 0.620. The van der Waals surface area contributed by atoms with Crippen molar-refractivity contribution in [3.8, 4) is 0 Å². The van der Waals surface area contributed by atoms with Gasteiger partial charge in [0.05, 0.1) is 6.54 Å². The highest BCUT2D eigenvalue weighted by molar-refractivity contribution is 9.10. The van der Waals surface area contributed by atoms with Crippen molar-refractivity contribution in [2.45, 2.75) is 20.4 Å². The summed E-state index contributed by atoms with van der Waals surface area (Å²) in [6.07, 6.45) is 0. The zero-order valence-electron chi connectivity index (χ0n) is 12.1. The molecule has 3 heteroatoms. The summed E-state index contributed by atoms with van der Waals surface area (Å²) in [7, 11) is 0. The predicted molar refractivity (Wildman–Crippen MR) is 89.9 cm³/mol. The molecule has 0 N–H and O–H groups in total. The van der Waals surface area contributed by atoms with Crippen molar-refractivity contribution in [1.82, 2.24) is 4.57 Å². The predicted octanol–water partition coefficient (Wildman–Crippen LogP) is 4.90. The topological polar surface area (TPSA) is 22.0 Å². The van der Waals surface area contributed by atoms with Crippen LogP contribution in [-0.2, 0) is 6.54 Å². The third-order valence-electron chi connectivity index (χ3n) is 3.80. The van der Waals surface area contributed by atoms with Crippen LogP contribution in [-0.4, -0.2) is 10.4 Å². The third kappa shape index (κ3) is 2.54. The molecule has 21 heavy (non-hydrogen) atoms. The highest BCUT2D eigenvalue weighted by Crippen LogP contribution is 2.30. The lowest BCUT2D eigenvalue weighted by Gasteiger charge is -2.08. The standard InChI is InChI=1S/C18H16BrNO/c1-12-6-5-7-14(10-12)17(21)11-20-13(2)18(19)15-8-3-4-9-16(15)20/h3-10H,11H2,1-2H3. The Kier molecular flexibility index (Phi) is 3.68. The van der Waals surface area contributed by atoms with Gasteiger partial charge in [-0.2, -0.15) is 0 Å². The molecule has 2 aromatic carbocycles. The van der Waals surface area contributed by atoms with Gasteiger partial charge in [-0.05, 0) is 41.9 Å². The number of carbonyl (C=O) groups is 1. The number of Topliss-reactive ketones (excluding diaryl/α,β-unsaturated/α-hetero) is 1. The highest BCUT2D eigenvalue weighted by atomic mass is 79.9. The van der Waals surface area contributed by atoms with Gasteiger partial charge in [0.15, 0.2) is 5.78 Å². The first-order chi connectivity index (χ1) is 10.1. The number of hydrogen-bond acceptors (Lipinski definition) is 1. The number of para-hydroxylation sites is 1. The minimum Gasteiger partial charge on any atom is -0.336 e. The largest absolute Gasteiger partial charge is 0.336 e. The van der Waals surface area contributed by atoms with Gasteiger partial charge in [-0.15, -0.1) is 0 Å². The van der Waals surface area contributed by atoms with Crippen molar-refractivity contribution in [2.75, 3.05) is 0 Å². The van der Waals surface area contributed by atoms with Crippen molar-refractivity contribution in [3.63, 3.8) is 0 Å². The molecule has 0 amide bonds. The van der Waals surface area contributed by atoms with Crippen LogP contribution in [0.25, 0.3) is 10.9 Å². The van der Waals surface area contributed by atoms with Crippen LogP contribution in [0.15, 0.2) is 53.0 Å². The second-order valence-corrected chi connectivity index (χ2v) is 6.09. The monoisotopic (exact) mass is 341 g/mol. The smallest absolute Gasteiger partial charge is 0.182 e. The SMILES string of the molecule is Cc1cccc(C(=O)Cn2c(C)c(Br)c3ccccc32)c1. The number of aryl methyl sites for hydroxylation is 1. The lowest BCUT2D eigenvalue weighted by Crippen LogP contribution is -2.11. The summed E-state index contributed by atoms with van der Waals surface area (Å²) in [6.45, 7) is 4.40. The Morgan fingerprint density at radius 3 is 2.62 bits per heavy atom. The number of benzene rings is 2. The first-order valence-corrected chi connectivity index (χ1v) is 7.70. The number of fused-ring (bicyclic) bond motifs is 1. The number of hydrogen-bond donors (Lipinski definition) is 0. The minimum absolute atomic E-state index is 0.134. The van der Waals surface area contributed by atoms with Crippen molar-refractivity contribution in [2.24, 2.45) is 0 Å². The molecular formula is C18H16BrNO. The first kappa shape index (κ1) is 14.1. The fourth-order valence-corrected chi connectivity index (χ4v) is 3.20. The summed E-state index contributed by atoms with van der Waals surface area (Å²) >= 11 is 3.63. The van der Waals surface area contributed by atoms with Gasteiger partial charge in [0.1, 0.15) is 0 Å². The van der Waals surface area contributed by atoms with Crippen LogP contribution in [0, 0.1) is 13.8 Å². The van der Waals surface area contributed by atoms with Crippen molar-refractivity contribution >= 4 is 32.6 Å². The molecule has 0 saturated carbocycles. The van der Waals surface area contributed by atoms with Gasteiger partial charge in [-0.1, -0.05) is 42.0 Å². The van der Waals surface area contributed by atoms with E-state index in [1.54, 1.807) is 0 Å². The number of ketones is 1. The summed E-state index contributed by atoms with van der Waals surface area (Å²) in [5.74, 6) is 0.134. The highest BCUT2D eigenvalue weighted by Gasteiger charge is 2.15. The van der Waals surface area contributed by atoms with Gasteiger partial charge in [-0.3, -0.25) is 4.79 Å². The second-order valence-electron chi connectivity index (χ2n) is 5.30. The summed E-state index contributed by atoms with van der Waals surface area (Å²) in [5.41, 5.74) is 4.04. The van der Waals surface area contributed by atoms with Crippen LogP contribution in [0.1, 0.15) is 21.6 Å². The van der Waals surface area contributed by atoms with Crippen LogP contribution in [0.4, 0.5) is 0 Å².